The van der Waals surface area contributed by atoms with E-state index in [0.717, 1.165) is 25.7 Å². The minimum atomic E-state index is -0.141. The number of carbonyl (C=O) groups is 2. The molecule has 70 valence electrons. The van der Waals surface area contributed by atoms with Crippen LogP contribution in [-0.2, 0) is 9.59 Å². The maximum absolute atomic E-state index is 11.4. The highest BCUT2D eigenvalue weighted by atomic mass is 16.2. The van der Waals surface area contributed by atoms with E-state index in [2.05, 4.69) is 0 Å². The minimum Gasteiger partial charge on any atom is -0.269 e. The quantitative estimate of drug-likeness (QED) is 0.598. The second-order valence-corrected chi connectivity index (χ2v) is 3.78. The Morgan fingerprint density at radius 1 is 1.31 bits per heavy atom. The van der Waals surface area contributed by atoms with Crippen molar-refractivity contribution in [2.45, 2.75) is 38.1 Å². The first-order chi connectivity index (χ1) is 6.19. The number of amides is 2. The Kier molecular flexibility index (Phi) is 1.75. The van der Waals surface area contributed by atoms with Gasteiger partial charge in [-0.1, -0.05) is 6.92 Å². The molecule has 1 aliphatic heterocycles. The van der Waals surface area contributed by atoms with Gasteiger partial charge in [-0.3, -0.25) is 14.5 Å². The number of carbonyl (C=O) groups excluding carboxylic acids is 2. The van der Waals surface area contributed by atoms with Gasteiger partial charge >= 0.3 is 0 Å². The molecule has 0 radical (unpaired) electrons. The zero-order valence-electron chi connectivity index (χ0n) is 7.75. The predicted octanol–water partition coefficient (Wildman–Crippen LogP) is 1.24. The van der Waals surface area contributed by atoms with Gasteiger partial charge in [-0.05, 0) is 25.7 Å². The van der Waals surface area contributed by atoms with Crippen LogP contribution in [0.2, 0.25) is 0 Å². The normalized spacial score (nSPS) is 25.2. The van der Waals surface area contributed by atoms with E-state index in [0.29, 0.717) is 0 Å². The van der Waals surface area contributed by atoms with Crippen molar-refractivity contribution in [3.05, 3.63) is 12.2 Å². The summed E-state index contributed by atoms with van der Waals surface area (Å²) in [5, 5.41) is 0. The Hall–Kier alpha value is -1.12. The Labute approximate surface area is 77.4 Å². The predicted molar refractivity (Wildman–Crippen MR) is 47.9 cm³/mol. The molecule has 2 amide bonds. The van der Waals surface area contributed by atoms with Crippen LogP contribution in [0.5, 0.6) is 0 Å². The summed E-state index contributed by atoms with van der Waals surface area (Å²) in [6, 6.07) is 0. The number of nitrogens with zero attached hydrogens (tertiary/aromatic N) is 1. The topological polar surface area (TPSA) is 37.4 Å². The molecule has 0 saturated heterocycles. The molecule has 0 aromatic rings. The lowest BCUT2D eigenvalue weighted by atomic mass is 9.73. The molecule has 1 heterocycles. The van der Waals surface area contributed by atoms with Gasteiger partial charge in [0.05, 0.1) is 5.54 Å². The zero-order chi connectivity index (χ0) is 9.47. The van der Waals surface area contributed by atoms with Crippen molar-refractivity contribution in [2.24, 2.45) is 0 Å². The highest BCUT2D eigenvalue weighted by molar-refractivity contribution is 6.13. The van der Waals surface area contributed by atoms with E-state index in [1.807, 2.05) is 6.92 Å². The molecule has 0 aromatic heterocycles. The van der Waals surface area contributed by atoms with Crippen molar-refractivity contribution < 1.29 is 9.59 Å². The first-order valence-electron chi connectivity index (χ1n) is 4.76. The van der Waals surface area contributed by atoms with Crippen molar-refractivity contribution >= 4 is 11.8 Å². The van der Waals surface area contributed by atoms with Crippen LogP contribution < -0.4 is 0 Å². The van der Waals surface area contributed by atoms with Gasteiger partial charge in [-0.15, -0.1) is 0 Å². The average molecular weight is 179 g/mol. The second-order valence-electron chi connectivity index (χ2n) is 3.78. The molecular weight excluding hydrogens is 166 g/mol. The molecule has 1 fully saturated rings. The van der Waals surface area contributed by atoms with Crippen molar-refractivity contribution in [1.82, 2.24) is 4.90 Å². The first-order valence-corrected chi connectivity index (χ1v) is 4.76. The molecule has 13 heavy (non-hydrogen) atoms. The Balaban J connectivity index is 2.24. The van der Waals surface area contributed by atoms with Gasteiger partial charge in [0.1, 0.15) is 0 Å². The summed E-state index contributed by atoms with van der Waals surface area (Å²) < 4.78 is 0. The summed E-state index contributed by atoms with van der Waals surface area (Å²) in [7, 11) is 0. The standard InChI is InChI=1S/C10H13NO2/c1-2-10(6-3-7-10)11-8(12)4-5-9(11)13/h4-5H,2-3,6-7H2,1H3. The fourth-order valence-electron chi connectivity index (χ4n) is 2.19. The molecule has 0 spiro atoms. The summed E-state index contributed by atoms with van der Waals surface area (Å²) in [6.45, 7) is 2.04. The van der Waals surface area contributed by atoms with Crippen LogP contribution in [0.4, 0.5) is 0 Å². The SMILES string of the molecule is CCC1(N2C(=O)C=CC2=O)CCC1. The largest absolute Gasteiger partial charge is 0.269 e. The summed E-state index contributed by atoms with van der Waals surface area (Å²) in [5.41, 5.74) is -0.141. The number of imide groups is 1. The third kappa shape index (κ3) is 1.03. The van der Waals surface area contributed by atoms with E-state index in [1.54, 1.807) is 0 Å². The lowest BCUT2D eigenvalue weighted by Gasteiger charge is -2.47. The second kappa shape index (κ2) is 2.69. The van der Waals surface area contributed by atoms with Crippen molar-refractivity contribution in [3.63, 3.8) is 0 Å². The average Bonchev–Trinajstić information content (AvgIpc) is 2.35. The van der Waals surface area contributed by atoms with E-state index in [-0.39, 0.29) is 17.4 Å². The van der Waals surface area contributed by atoms with E-state index < -0.39 is 0 Å². The fourth-order valence-corrected chi connectivity index (χ4v) is 2.19. The van der Waals surface area contributed by atoms with E-state index in [4.69, 9.17) is 0 Å². The van der Waals surface area contributed by atoms with Crippen molar-refractivity contribution in [3.8, 4) is 0 Å². The lowest BCUT2D eigenvalue weighted by Crippen LogP contribution is -2.55. The van der Waals surface area contributed by atoms with Crippen LogP contribution in [0.15, 0.2) is 12.2 Å². The molecule has 0 unspecified atom stereocenters. The van der Waals surface area contributed by atoms with Gasteiger partial charge in [-0.2, -0.15) is 0 Å². The number of hydrogen-bond acceptors (Lipinski definition) is 2. The Morgan fingerprint density at radius 2 is 1.85 bits per heavy atom. The zero-order valence-corrected chi connectivity index (χ0v) is 7.75. The summed E-state index contributed by atoms with van der Waals surface area (Å²) in [5.74, 6) is -0.266. The van der Waals surface area contributed by atoms with Gasteiger partial charge < -0.3 is 0 Å². The maximum Gasteiger partial charge on any atom is 0.254 e. The van der Waals surface area contributed by atoms with Gasteiger partial charge in [0.15, 0.2) is 0 Å². The lowest BCUT2D eigenvalue weighted by molar-refractivity contribution is -0.148. The molecule has 3 heteroatoms. The summed E-state index contributed by atoms with van der Waals surface area (Å²) >= 11 is 0. The molecule has 0 N–H and O–H groups in total. The highest BCUT2D eigenvalue weighted by Crippen LogP contribution is 2.41. The fraction of sp³-hybridized carbons (Fsp3) is 0.600. The molecule has 1 saturated carbocycles. The highest BCUT2D eigenvalue weighted by Gasteiger charge is 2.46. The van der Waals surface area contributed by atoms with Crippen LogP contribution in [0.25, 0.3) is 0 Å². The van der Waals surface area contributed by atoms with Crippen molar-refractivity contribution in [2.75, 3.05) is 0 Å². The van der Waals surface area contributed by atoms with Crippen molar-refractivity contribution in [1.29, 1.82) is 0 Å². The Morgan fingerprint density at radius 3 is 2.15 bits per heavy atom. The van der Waals surface area contributed by atoms with Gasteiger partial charge in [0.2, 0.25) is 0 Å². The van der Waals surface area contributed by atoms with Gasteiger partial charge in [0.25, 0.3) is 11.8 Å². The Bertz CT molecular complexity index is 266. The van der Waals surface area contributed by atoms with Crippen LogP contribution >= 0.6 is 0 Å². The molecule has 3 nitrogen and oxygen atoms in total. The molecule has 0 atom stereocenters. The number of rotatable bonds is 2. The maximum atomic E-state index is 11.4. The molecule has 1 aliphatic carbocycles. The summed E-state index contributed by atoms with van der Waals surface area (Å²) in [6.07, 6.45) is 6.71. The minimum absolute atomic E-state index is 0.133. The third-order valence-electron chi connectivity index (χ3n) is 3.23. The van der Waals surface area contributed by atoms with Crippen LogP contribution in [-0.4, -0.2) is 22.3 Å². The molecular formula is C10H13NO2. The molecule has 0 aromatic carbocycles. The molecule has 2 aliphatic rings. The molecule has 0 bridgehead atoms. The van der Waals surface area contributed by atoms with Gasteiger partial charge in [-0.25, -0.2) is 0 Å². The first kappa shape index (κ1) is 8.48. The summed E-state index contributed by atoms with van der Waals surface area (Å²) in [4.78, 5) is 24.2. The van der Waals surface area contributed by atoms with Gasteiger partial charge in [0, 0.05) is 12.2 Å². The van der Waals surface area contributed by atoms with E-state index in [9.17, 15) is 9.59 Å². The van der Waals surface area contributed by atoms with Crippen LogP contribution in [0, 0.1) is 0 Å². The monoisotopic (exact) mass is 179 g/mol. The van der Waals surface area contributed by atoms with E-state index >= 15 is 0 Å². The molecule has 2 rings (SSSR count). The smallest absolute Gasteiger partial charge is 0.254 e. The number of hydrogen-bond donors (Lipinski definition) is 0. The van der Waals surface area contributed by atoms with E-state index in [1.165, 1.54) is 17.1 Å². The van der Waals surface area contributed by atoms with Crippen LogP contribution in [0.1, 0.15) is 32.6 Å². The van der Waals surface area contributed by atoms with Crippen LogP contribution in [0.3, 0.4) is 0 Å². The third-order valence-corrected chi connectivity index (χ3v) is 3.23.